The Balaban J connectivity index is 1.95. The van der Waals surface area contributed by atoms with Crippen LogP contribution in [-0.2, 0) is 24.4 Å². The third kappa shape index (κ3) is 4.30. The lowest BCUT2D eigenvalue weighted by Crippen LogP contribution is -2.46. The number of primary amides is 1. The topological polar surface area (TPSA) is 153 Å². The average molecular weight is 354 g/mol. The fraction of sp³-hybridized carbons (Fsp3) is 0.357. The Morgan fingerprint density at radius 2 is 1.62 bits per heavy atom. The number of piperidine rings is 1. The smallest absolute Gasteiger partial charge is 0.313 e. The van der Waals surface area contributed by atoms with E-state index in [-0.39, 0.29) is 29.6 Å². The Morgan fingerprint density at radius 3 is 2.08 bits per heavy atom. The van der Waals surface area contributed by atoms with Crippen LogP contribution in [0.4, 0.5) is 5.69 Å². The molecule has 0 unspecified atom stereocenters. The van der Waals surface area contributed by atoms with Crippen molar-refractivity contribution in [1.29, 1.82) is 0 Å². The summed E-state index contributed by atoms with van der Waals surface area (Å²) in [6.45, 7) is 0.564. The molecule has 2 rings (SSSR count). The summed E-state index contributed by atoms with van der Waals surface area (Å²) in [5.41, 5.74) is 5.49. The molecule has 1 aliphatic heterocycles. The van der Waals surface area contributed by atoms with Crippen LogP contribution in [0.1, 0.15) is 12.8 Å². The summed E-state index contributed by atoms with van der Waals surface area (Å²) in [6, 6.07) is 5.13. The van der Waals surface area contributed by atoms with Gasteiger partial charge >= 0.3 is 11.8 Å². The van der Waals surface area contributed by atoms with Gasteiger partial charge in [-0.15, -0.1) is 0 Å². The number of hydrogen-bond acceptors (Lipinski definition) is 5. The molecule has 1 saturated heterocycles. The molecule has 0 spiro atoms. The van der Waals surface area contributed by atoms with Crippen molar-refractivity contribution in [3.05, 3.63) is 24.3 Å². The van der Waals surface area contributed by atoms with Gasteiger partial charge in [0.2, 0.25) is 15.9 Å². The van der Waals surface area contributed by atoms with Crippen molar-refractivity contribution in [1.82, 2.24) is 4.90 Å². The summed E-state index contributed by atoms with van der Waals surface area (Å²) in [7, 11) is -3.82. The molecule has 5 N–H and O–H groups in total. The number of primary sulfonamides is 1. The first-order valence-electron chi connectivity index (χ1n) is 7.21. The van der Waals surface area contributed by atoms with Crippen LogP contribution in [0.2, 0.25) is 0 Å². The Morgan fingerprint density at radius 1 is 1.08 bits per heavy atom. The molecule has 24 heavy (non-hydrogen) atoms. The van der Waals surface area contributed by atoms with Crippen LogP contribution >= 0.6 is 0 Å². The number of carbonyl (C=O) groups excluding carboxylic acids is 3. The minimum Gasteiger partial charge on any atom is -0.369 e. The zero-order valence-electron chi connectivity index (χ0n) is 12.8. The van der Waals surface area contributed by atoms with E-state index < -0.39 is 27.7 Å². The molecule has 9 nitrogen and oxygen atoms in total. The van der Waals surface area contributed by atoms with Gasteiger partial charge in [0.05, 0.1) is 4.90 Å². The number of carbonyl (C=O) groups is 3. The second kappa shape index (κ2) is 6.97. The summed E-state index contributed by atoms with van der Waals surface area (Å²) in [6.07, 6.45) is 0.856. The number of sulfonamides is 1. The number of nitrogens with one attached hydrogen (secondary N) is 1. The summed E-state index contributed by atoms with van der Waals surface area (Å²) < 4.78 is 22.3. The number of amides is 3. The standard InChI is InChI=1S/C14H18N4O5S/c15-12(19)9-5-7-18(8-6-9)14(21)13(20)17-10-1-3-11(4-2-10)24(16,22)23/h1-4,9H,5-8H2,(H2,15,19)(H,17,20)(H2,16,22,23). The highest BCUT2D eigenvalue weighted by molar-refractivity contribution is 7.89. The highest BCUT2D eigenvalue weighted by Gasteiger charge is 2.29. The maximum atomic E-state index is 12.1. The largest absolute Gasteiger partial charge is 0.369 e. The van der Waals surface area contributed by atoms with E-state index in [0.29, 0.717) is 12.8 Å². The molecule has 0 aliphatic carbocycles. The van der Waals surface area contributed by atoms with Crippen molar-refractivity contribution in [2.24, 2.45) is 16.8 Å². The zero-order chi connectivity index (χ0) is 17.9. The Labute approximate surface area is 139 Å². The molecule has 0 atom stereocenters. The van der Waals surface area contributed by atoms with E-state index in [4.69, 9.17) is 10.9 Å². The molecule has 1 heterocycles. The molecule has 0 radical (unpaired) electrons. The Kier molecular flexibility index (Phi) is 5.20. The molecule has 0 aromatic heterocycles. The van der Waals surface area contributed by atoms with Crippen molar-refractivity contribution >= 4 is 33.4 Å². The zero-order valence-corrected chi connectivity index (χ0v) is 13.6. The van der Waals surface area contributed by atoms with Gasteiger partial charge in [-0.05, 0) is 37.1 Å². The van der Waals surface area contributed by atoms with Gasteiger partial charge < -0.3 is 16.0 Å². The molecule has 0 saturated carbocycles. The highest BCUT2D eigenvalue weighted by atomic mass is 32.2. The van der Waals surface area contributed by atoms with Crippen molar-refractivity contribution < 1.29 is 22.8 Å². The monoisotopic (exact) mass is 354 g/mol. The van der Waals surface area contributed by atoms with Crippen LogP contribution < -0.4 is 16.2 Å². The normalized spacial score (nSPS) is 15.8. The Hall–Kier alpha value is -2.46. The molecule has 1 fully saturated rings. The summed E-state index contributed by atoms with van der Waals surface area (Å²) >= 11 is 0. The maximum absolute atomic E-state index is 12.1. The van der Waals surface area contributed by atoms with Crippen LogP contribution in [0.5, 0.6) is 0 Å². The van der Waals surface area contributed by atoms with E-state index in [2.05, 4.69) is 5.32 Å². The molecule has 0 bridgehead atoms. The molecule has 1 aromatic carbocycles. The van der Waals surface area contributed by atoms with E-state index >= 15 is 0 Å². The van der Waals surface area contributed by atoms with Crippen LogP contribution in [0.25, 0.3) is 0 Å². The van der Waals surface area contributed by atoms with Gasteiger partial charge in [-0.25, -0.2) is 13.6 Å². The summed E-state index contributed by atoms with van der Waals surface area (Å²) in [5.74, 6) is -2.23. The number of rotatable bonds is 3. The molecule has 1 aromatic rings. The molecule has 10 heteroatoms. The first-order chi connectivity index (χ1) is 11.2. The van der Waals surface area contributed by atoms with Gasteiger partial charge in [-0.1, -0.05) is 0 Å². The average Bonchev–Trinajstić information content (AvgIpc) is 2.54. The van der Waals surface area contributed by atoms with Gasteiger partial charge in [-0.3, -0.25) is 14.4 Å². The third-order valence-electron chi connectivity index (χ3n) is 3.82. The highest BCUT2D eigenvalue weighted by Crippen LogP contribution is 2.17. The van der Waals surface area contributed by atoms with Crippen molar-refractivity contribution in [3.63, 3.8) is 0 Å². The van der Waals surface area contributed by atoms with E-state index in [0.717, 1.165) is 0 Å². The summed E-state index contributed by atoms with van der Waals surface area (Å²) in [4.78, 5) is 36.4. The van der Waals surface area contributed by atoms with E-state index in [1.165, 1.54) is 29.2 Å². The lowest BCUT2D eigenvalue weighted by molar-refractivity contribution is -0.144. The first kappa shape index (κ1) is 17.9. The van der Waals surface area contributed by atoms with Gasteiger partial charge in [0, 0.05) is 24.7 Å². The van der Waals surface area contributed by atoms with Gasteiger partial charge in [0.15, 0.2) is 0 Å². The van der Waals surface area contributed by atoms with Gasteiger partial charge in [0.25, 0.3) is 0 Å². The number of nitrogens with two attached hydrogens (primary N) is 2. The van der Waals surface area contributed by atoms with Crippen molar-refractivity contribution in [3.8, 4) is 0 Å². The Bertz CT molecular complexity index is 752. The minimum atomic E-state index is -3.82. The van der Waals surface area contributed by atoms with Gasteiger partial charge in [0.1, 0.15) is 0 Å². The SMILES string of the molecule is NC(=O)C1CCN(C(=O)C(=O)Nc2ccc(S(N)(=O)=O)cc2)CC1. The van der Waals surface area contributed by atoms with E-state index in [9.17, 15) is 22.8 Å². The fourth-order valence-corrected chi connectivity index (χ4v) is 2.94. The summed E-state index contributed by atoms with van der Waals surface area (Å²) in [5, 5.41) is 7.37. The minimum absolute atomic E-state index is 0.0969. The lowest BCUT2D eigenvalue weighted by atomic mass is 9.96. The van der Waals surface area contributed by atoms with Crippen molar-refractivity contribution in [2.45, 2.75) is 17.7 Å². The first-order valence-corrected chi connectivity index (χ1v) is 8.75. The van der Waals surface area contributed by atoms with Crippen LogP contribution in [-0.4, -0.2) is 44.1 Å². The third-order valence-corrected chi connectivity index (χ3v) is 4.75. The second-order valence-electron chi connectivity index (χ2n) is 5.49. The number of benzene rings is 1. The van der Waals surface area contributed by atoms with Gasteiger partial charge in [-0.2, -0.15) is 0 Å². The fourth-order valence-electron chi connectivity index (χ4n) is 2.42. The van der Waals surface area contributed by atoms with E-state index in [1.807, 2.05) is 0 Å². The molecule has 1 aliphatic rings. The van der Waals surface area contributed by atoms with Crippen LogP contribution in [0.15, 0.2) is 29.2 Å². The maximum Gasteiger partial charge on any atom is 0.313 e. The number of hydrogen-bond donors (Lipinski definition) is 3. The molecule has 3 amide bonds. The van der Waals surface area contributed by atoms with E-state index in [1.54, 1.807) is 0 Å². The van der Waals surface area contributed by atoms with Crippen molar-refractivity contribution in [2.75, 3.05) is 18.4 Å². The number of anilines is 1. The predicted molar refractivity (Wildman–Crippen MR) is 84.9 cm³/mol. The number of likely N-dealkylation sites (tertiary alicyclic amines) is 1. The predicted octanol–water partition coefficient (Wildman–Crippen LogP) is -1.00. The number of nitrogens with zero attached hydrogens (tertiary/aromatic N) is 1. The van der Waals surface area contributed by atoms with Crippen LogP contribution in [0.3, 0.4) is 0 Å². The molecular weight excluding hydrogens is 336 g/mol. The van der Waals surface area contributed by atoms with Crippen LogP contribution in [0, 0.1) is 5.92 Å². The second-order valence-corrected chi connectivity index (χ2v) is 7.05. The lowest BCUT2D eigenvalue weighted by Gasteiger charge is -2.29. The molecule has 130 valence electrons. The molecular formula is C14H18N4O5S. The quantitative estimate of drug-likeness (QED) is 0.594.